The molecule has 1 rings (SSSR count). The third-order valence-electron chi connectivity index (χ3n) is 2.42. The van der Waals surface area contributed by atoms with Crippen molar-refractivity contribution >= 4 is 23.2 Å². The lowest BCUT2D eigenvalue weighted by atomic mass is 10.1. The molecule has 94 valence electrons. The molecule has 0 saturated heterocycles. The van der Waals surface area contributed by atoms with Gasteiger partial charge in [-0.25, -0.2) is 0 Å². The average Bonchev–Trinajstić information content (AvgIpc) is 2.30. The Morgan fingerprint density at radius 2 is 2.29 bits per heavy atom. The van der Waals surface area contributed by atoms with Crippen LogP contribution in [0.5, 0.6) is 5.75 Å². The van der Waals surface area contributed by atoms with Crippen molar-refractivity contribution in [2.24, 2.45) is 5.92 Å². The van der Waals surface area contributed by atoms with Gasteiger partial charge in [0.2, 0.25) is 5.91 Å². The number of nitrogens with one attached hydrogen (secondary N) is 1. The molecule has 1 aromatic rings. The molecule has 1 amide bonds. The number of rotatable bonds is 5. The summed E-state index contributed by atoms with van der Waals surface area (Å²) in [6.45, 7) is 2.38. The van der Waals surface area contributed by atoms with Gasteiger partial charge in [-0.2, -0.15) is 0 Å². The Bertz CT molecular complexity index is 395. The van der Waals surface area contributed by atoms with Crippen LogP contribution in [0.15, 0.2) is 18.2 Å². The summed E-state index contributed by atoms with van der Waals surface area (Å²) in [5.74, 6) is -0.233. The van der Waals surface area contributed by atoms with E-state index in [0.717, 1.165) is 0 Å². The molecule has 0 aromatic heterocycles. The maximum Gasteiger partial charge on any atom is 0.227 e. The van der Waals surface area contributed by atoms with E-state index in [1.54, 1.807) is 13.2 Å². The molecule has 5 heteroatoms. The normalized spacial score (nSPS) is 12.2. The second kappa shape index (κ2) is 6.47. The first-order valence-corrected chi connectivity index (χ1v) is 5.70. The average molecular weight is 258 g/mol. The van der Waals surface area contributed by atoms with Gasteiger partial charge in [-0.15, -0.1) is 0 Å². The highest BCUT2D eigenvalue weighted by atomic mass is 35.5. The predicted molar refractivity (Wildman–Crippen MR) is 67.4 cm³/mol. The second-order valence-electron chi connectivity index (χ2n) is 3.84. The number of halogens is 1. The van der Waals surface area contributed by atoms with E-state index in [2.05, 4.69) is 5.32 Å². The first-order valence-electron chi connectivity index (χ1n) is 5.33. The highest BCUT2D eigenvalue weighted by Crippen LogP contribution is 2.26. The number of benzene rings is 1. The minimum absolute atomic E-state index is 0.00269. The third-order valence-corrected chi connectivity index (χ3v) is 2.72. The van der Waals surface area contributed by atoms with Crippen molar-refractivity contribution in [1.82, 2.24) is 0 Å². The lowest BCUT2D eigenvalue weighted by molar-refractivity contribution is -0.119. The zero-order chi connectivity index (χ0) is 12.8. The molecule has 0 saturated carbocycles. The minimum atomic E-state index is -0.137. The van der Waals surface area contributed by atoms with Crippen LogP contribution in [-0.2, 0) is 9.53 Å². The number of hydrogen-bond donors (Lipinski definition) is 2. The summed E-state index contributed by atoms with van der Waals surface area (Å²) < 4.78 is 4.91. The van der Waals surface area contributed by atoms with Crippen molar-refractivity contribution < 1.29 is 14.6 Å². The fourth-order valence-corrected chi connectivity index (χ4v) is 1.46. The number of carbonyl (C=O) groups is 1. The molecular weight excluding hydrogens is 242 g/mol. The number of ether oxygens (including phenoxy) is 1. The van der Waals surface area contributed by atoms with Crippen LogP contribution < -0.4 is 5.32 Å². The summed E-state index contributed by atoms with van der Waals surface area (Å²) >= 11 is 5.74. The van der Waals surface area contributed by atoms with Gasteiger partial charge in [0.15, 0.2) is 0 Å². The van der Waals surface area contributed by atoms with Crippen LogP contribution in [0.3, 0.4) is 0 Å². The van der Waals surface area contributed by atoms with Gasteiger partial charge in [0, 0.05) is 25.3 Å². The van der Waals surface area contributed by atoms with Crippen molar-refractivity contribution in [2.45, 2.75) is 13.3 Å². The van der Waals surface area contributed by atoms with Crippen LogP contribution in [0, 0.1) is 5.92 Å². The lowest BCUT2D eigenvalue weighted by Gasteiger charge is -2.12. The Labute approximate surface area is 106 Å². The van der Waals surface area contributed by atoms with Gasteiger partial charge in [-0.1, -0.05) is 18.5 Å². The minimum Gasteiger partial charge on any atom is -0.506 e. The largest absolute Gasteiger partial charge is 0.506 e. The summed E-state index contributed by atoms with van der Waals surface area (Å²) in [4.78, 5) is 11.7. The molecule has 2 N–H and O–H groups in total. The molecule has 1 atom stereocenters. The first kappa shape index (κ1) is 13.8. The molecule has 0 aliphatic carbocycles. The van der Waals surface area contributed by atoms with Crippen molar-refractivity contribution in [3.63, 3.8) is 0 Å². The van der Waals surface area contributed by atoms with Gasteiger partial charge in [0.25, 0.3) is 0 Å². The van der Waals surface area contributed by atoms with Gasteiger partial charge in [-0.3, -0.25) is 4.79 Å². The standard InChI is InChI=1S/C12H16ClNO3/c1-8(5-6-17-2)12(16)14-9-3-4-11(15)10(13)7-9/h3-4,7-8,15H,5-6H2,1-2H3,(H,14,16)/t8-/m0/s1. The van der Waals surface area contributed by atoms with Crippen molar-refractivity contribution in [2.75, 3.05) is 19.0 Å². The number of hydrogen-bond acceptors (Lipinski definition) is 3. The molecular formula is C12H16ClNO3. The Morgan fingerprint density at radius 1 is 1.59 bits per heavy atom. The predicted octanol–water partition coefficient (Wildman–Crippen LogP) is 2.66. The van der Waals surface area contributed by atoms with E-state index in [4.69, 9.17) is 16.3 Å². The van der Waals surface area contributed by atoms with Crippen LogP contribution in [0.25, 0.3) is 0 Å². The maximum atomic E-state index is 11.7. The van der Waals surface area contributed by atoms with E-state index in [1.807, 2.05) is 6.92 Å². The molecule has 17 heavy (non-hydrogen) atoms. The molecule has 1 aromatic carbocycles. The van der Waals surface area contributed by atoms with E-state index < -0.39 is 0 Å². The first-order chi connectivity index (χ1) is 8.04. The number of carbonyl (C=O) groups excluding carboxylic acids is 1. The highest BCUT2D eigenvalue weighted by Gasteiger charge is 2.13. The third kappa shape index (κ3) is 4.24. The smallest absolute Gasteiger partial charge is 0.227 e. The van der Waals surface area contributed by atoms with Crippen LogP contribution in [0.1, 0.15) is 13.3 Å². The summed E-state index contributed by atoms with van der Waals surface area (Å²) in [5, 5.41) is 12.2. The number of anilines is 1. The molecule has 4 nitrogen and oxygen atoms in total. The number of phenols is 1. The van der Waals surface area contributed by atoms with Crippen LogP contribution in [0.2, 0.25) is 5.02 Å². The van der Waals surface area contributed by atoms with E-state index in [1.165, 1.54) is 12.1 Å². The van der Waals surface area contributed by atoms with Gasteiger partial charge in [-0.05, 0) is 24.6 Å². The number of methoxy groups -OCH3 is 1. The van der Waals surface area contributed by atoms with Crippen molar-refractivity contribution in [3.8, 4) is 5.75 Å². The topological polar surface area (TPSA) is 58.6 Å². The Morgan fingerprint density at radius 3 is 2.88 bits per heavy atom. The van der Waals surface area contributed by atoms with Gasteiger partial charge in [0.05, 0.1) is 5.02 Å². The molecule has 0 heterocycles. The fourth-order valence-electron chi connectivity index (χ4n) is 1.28. The Balaban J connectivity index is 2.58. The summed E-state index contributed by atoms with van der Waals surface area (Å²) in [5.41, 5.74) is 0.571. The van der Waals surface area contributed by atoms with Gasteiger partial charge < -0.3 is 15.2 Å². The fraction of sp³-hybridized carbons (Fsp3) is 0.417. The summed E-state index contributed by atoms with van der Waals surface area (Å²) in [7, 11) is 1.60. The summed E-state index contributed by atoms with van der Waals surface area (Å²) in [6.07, 6.45) is 0.661. The molecule has 0 bridgehead atoms. The summed E-state index contributed by atoms with van der Waals surface area (Å²) in [6, 6.07) is 4.55. The molecule has 0 fully saturated rings. The van der Waals surface area contributed by atoms with E-state index >= 15 is 0 Å². The maximum absolute atomic E-state index is 11.7. The SMILES string of the molecule is COCC[C@H](C)C(=O)Nc1ccc(O)c(Cl)c1. The lowest BCUT2D eigenvalue weighted by Crippen LogP contribution is -2.21. The van der Waals surface area contributed by atoms with Crippen molar-refractivity contribution in [1.29, 1.82) is 0 Å². The number of phenolic OH excluding ortho intramolecular Hbond substituents is 1. The highest BCUT2D eigenvalue weighted by molar-refractivity contribution is 6.32. The van der Waals surface area contributed by atoms with E-state index in [-0.39, 0.29) is 22.6 Å². The van der Waals surface area contributed by atoms with Gasteiger partial charge in [0.1, 0.15) is 5.75 Å². The molecule has 0 aliphatic rings. The van der Waals surface area contributed by atoms with E-state index in [0.29, 0.717) is 18.7 Å². The zero-order valence-electron chi connectivity index (χ0n) is 9.87. The molecule has 0 unspecified atom stereocenters. The second-order valence-corrected chi connectivity index (χ2v) is 4.25. The molecule has 0 spiro atoms. The van der Waals surface area contributed by atoms with Crippen molar-refractivity contribution in [3.05, 3.63) is 23.2 Å². The number of aromatic hydroxyl groups is 1. The molecule has 0 aliphatic heterocycles. The van der Waals surface area contributed by atoms with Crippen LogP contribution in [0.4, 0.5) is 5.69 Å². The molecule has 0 radical (unpaired) electrons. The Kier molecular flexibility index (Phi) is 5.25. The zero-order valence-corrected chi connectivity index (χ0v) is 10.6. The number of amides is 1. The van der Waals surface area contributed by atoms with Crippen LogP contribution >= 0.6 is 11.6 Å². The van der Waals surface area contributed by atoms with Crippen LogP contribution in [-0.4, -0.2) is 24.7 Å². The Hall–Kier alpha value is -1.26. The van der Waals surface area contributed by atoms with Gasteiger partial charge >= 0.3 is 0 Å². The van der Waals surface area contributed by atoms with E-state index in [9.17, 15) is 9.90 Å². The monoisotopic (exact) mass is 257 g/mol. The quantitative estimate of drug-likeness (QED) is 0.798.